The lowest BCUT2D eigenvalue weighted by Crippen LogP contribution is -2.02. The molecular formula is C64H50O6. The van der Waals surface area contributed by atoms with Crippen LogP contribution in [-0.2, 0) is 39.6 Å². The second kappa shape index (κ2) is 20.0. The van der Waals surface area contributed by atoms with Gasteiger partial charge in [0.25, 0.3) is 0 Å². The minimum Gasteiger partial charge on any atom is -0.488 e. The van der Waals surface area contributed by atoms with E-state index in [-0.39, 0.29) is 13.2 Å². The molecule has 342 valence electrons. The molecule has 11 rings (SSSR count). The van der Waals surface area contributed by atoms with Crippen LogP contribution in [0.25, 0.3) is 65.3 Å². The van der Waals surface area contributed by atoms with E-state index < -0.39 is 0 Å². The van der Waals surface area contributed by atoms with E-state index in [4.69, 9.17) is 18.9 Å². The summed E-state index contributed by atoms with van der Waals surface area (Å²) in [6.07, 6.45) is 0. The van der Waals surface area contributed by atoms with E-state index in [1.165, 1.54) is 0 Å². The quantitative estimate of drug-likeness (QED) is 0.101. The normalized spacial score (nSPS) is 11.3. The molecular weight excluding hydrogens is 865 g/mol. The number of hydrogen-bond acceptors (Lipinski definition) is 6. The molecule has 6 nitrogen and oxygen atoms in total. The van der Waals surface area contributed by atoms with Gasteiger partial charge >= 0.3 is 0 Å². The van der Waals surface area contributed by atoms with Crippen LogP contribution in [0.15, 0.2) is 218 Å². The van der Waals surface area contributed by atoms with Crippen molar-refractivity contribution >= 4 is 43.1 Å². The molecule has 0 atom stereocenters. The first kappa shape index (κ1) is 44.1. The molecule has 11 aromatic carbocycles. The fourth-order valence-corrected chi connectivity index (χ4v) is 9.38. The Labute approximate surface area is 407 Å². The average molecular weight is 915 g/mol. The lowest BCUT2D eigenvalue weighted by molar-refractivity contribution is 0.281. The van der Waals surface area contributed by atoms with Gasteiger partial charge < -0.3 is 29.2 Å². The molecule has 0 aromatic heterocycles. The molecule has 0 saturated heterocycles. The molecule has 0 radical (unpaired) electrons. The Morgan fingerprint density at radius 1 is 0.229 bits per heavy atom. The summed E-state index contributed by atoms with van der Waals surface area (Å²) >= 11 is 0. The van der Waals surface area contributed by atoms with Gasteiger partial charge in [0.05, 0.1) is 13.2 Å². The van der Waals surface area contributed by atoms with E-state index in [0.29, 0.717) is 26.4 Å². The highest BCUT2D eigenvalue weighted by Crippen LogP contribution is 2.48. The van der Waals surface area contributed by atoms with Crippen LogP contribution in [-0.4, -0.2) is 10.2 Å². The Kier molecular flexibility index (Phi) is 12.6. The average Bonchev–Trinajstić information content (AvgIpc) is 3.43. The number of aliphatic hydroxyl groups is 2. The maximum Gasteiger partial charge on any atom is 0.128 e. The topological polar surface area (TPSA) is 77.4 Å². The zero-order valence-electron chi connectivity index (χ0n) is 38.6. The summed E-state index contributed by atoms with van der Waals surface area (Å²) in [7, 11) is 0. The van der Waals surface area contributed by atoms with Gasteiger partial charge in [0.1, 0.15) is 49.4 Å². The molecule has 2 N–H and O–H groups in total. The van der Waals surface area contributed by atoms with Crippen LogP contribution in [0.4, 0.5) is 0 Å². The third-order valence-corrected chi connectivity index (χ3v) is 13.1. The van der Waals surface area contributed by atoms with Crippen LogP contribution in [0.5, 0.6) is 23.0 Å². The van der Waals surface area contributed by atoms with Gasteiger partial charge in [0, 0.05) is 22.3 Å². The molecule has 0 aliphatic heterocycles. The van der Waals surface area contributed by atoms with Crippen molar-refractivity contribution in [1.82, 2.24) is 0 Å². The maximum atomic E-state index is 9.59. The largest absolute Gasteiger partial charge is 0.488 e. The van der Waals surface area contributed by atoms with Gasteiger partial charge in [0.2, 0.25) is 0 Å². The van der Waals surface area contributed by atoms with Crippen LogP contribution >= 0.6 is 0 Å². The zero-order valence-corrected chi connectivity index (χ0v) is 38.6. The fourth-order valence-electron chi connectivity index (χ4n) is 9.38. The molecule has 0 heterocycles. The van der Waals surface area contributed by atoms with Crippen molar-refractivity contribution in [3.8, 4) is 45.3 Å². The van der Waals surface area contributed by atoms with Gasteiger partial charge in [-0.25, -0.2) is 0 Å². The molecule has 0 fully saturated rings. The van der Waals surface area contributed by atoms with Gasteiger partial charge in [-0.05, 0) is 101 Å². The van der Waals surface area contributed by atoms with E-state index in [0.717, 1.165) is 122 Å². The second-order valence-corrected chi connectivity index (χ2v) is 17.6. The number of fused-ring (bicyclic) bond motifs is 4. The number of ether oxygens (including phenoxy) is 4. The van der Waals surface area contributed by atoms with Gasteiger partial charge in [-0.2, -0.15) is 0 Å². The summed E-state index contributed by atoms with van der Waals surface area (Å²) in [5, 5.41) is 27.9. The van der Waals surface area contributed by atoms with Crippen molar-refractivity contribution in [2.75, 3.05) is 0 Å². The summed E-state index contributed by atoms with van der Waals surface area (Å²) in [6.45, 7) is 1.46. The van der Waals surface area contributed by atoms with Crippen molar-refractivity contribution in [3.05, 3.63) is 252 Å². The molecule has 0 aliphatic carbocycles. The van der Waals surface area contributed by atoms with Gasteiger partial charge in [-0.1, -0.05) is 194 Å². The number of aliphatic hydroxyl groups excluding tert-OH is 2. The second-order valence-electron chi connectivity index (χ2n) is 17.6. The van der Waals surface area contributed by atoms with E-state index >= 15 is 0 Å². The number of benzene rings is 11. The van der Waals surface area contributed by atoms with Crippen molar-refractivity contribution in [3.63, 3.8) is 0 Å². The van der Waals surface area contributed by atoms with Gasteiger partial charge in [0.15, 0.2) is 0 Å². The van der Waals surface area contributed by atoms with E-state index in [1.807, 2.05) is 48.5 Å². The highest BCUT2D eigenvalue weighted by Gasteiger charge is 2.22. The highest BCUT2D eigenvalue weighted by molar-refractivity contribution is 6.11. The van der Waals surface area contributed by atoms with Crippen molar-refractivity contribution in [2.24, 2.45) is 0 Å². The predicted octanol–water partition coefficient (Wildman–Crippen LogP) is 14.9. The molecule has 0 unspecified atom stereocenters. The van der Waals surface area contributed by atoms with Gasteiger partial charge in [-0.3, -0.25) is 0 Å². The third-order valence-electron chi connectivity index (χ3n) is 13.1. The van der Waals surface area contributed by atoms with Gasteiger partial charge in [-0.15, -0.1) is 0 Å². The molecule has 0 amide bonds. The summed E-state index contributed by atoms with van der Waals surface area (Å²) in [6, 6.07) is 74.5. The smallest absolute Gasteiger partial charge is 0.128 e. The van der Waals surface area contributed by atoms with Crippen LogP contribution in [0.1, 0.15) is 33.4 Å². The zero-order chi connectivity index (χ0) is 47.2. The Hall–Kier alpha value is -8.42. The molecule has 0 spiro atoms. The first-order valence-electron chi connectivity index (χ1n) is 23.6. The molecule has 11 aromatic rings. The molecule has 0 saturated carbocycles. The van der Waals surface area contributed by atoms with Crippen LogP contribution in [0.2, 0.25) is 0 Å². The van der Waals surface area contributed by atoms with Crippen molar-refractivity contribution in [1.29, 1.82) is 0 Å². The van der Waals surface area contributed by atoms with Crippen molar-refractivity contribution < 1.29 is 29.2 Å². The monoisotopic (exact) mass is 914 g/mol. The van der Waals surface area contributed by atoms with Crippen LogP contribution in [0.3, 0.4) is 0 Å². The Balaban J connectivity index is 0.877. The Morgan fingerprint density at radius 3 is 0.671 bits per heavy atom. The SMILES string of the molecule is OCc1ccc(COc2ccc3ccccc3c2-c2c(OCc3ccc(COc4ccc5ccccc5c4-c4c(OCc5ccc(CO)cc5)ccc5ccccc45)cc3)ccc3ccccc23)cc1. The predicted molar refractivity (Wildman–Crippen MR) is 282 cm³/mol. The van der Waals surface area contributed by atoms with E-state index in [1.54, 1.807) is 0 Å². The van der Waals surface area contributed by atoms with Crippen molar-refractivity contribution in [2.45, 2.75) is 39.6 Å². The van der Waals surface area contributed by atoms with E-state index in [2.05, 4.69) is 170 Å². The minimum absolute atomic E-state index is 0.00168. The summed E-state index contributed by atoms with van der Waals surface area (Å²) in [5.41, 5.74) is 9.73. The molecule has 6 heteroatoms. The first-order valence-corrected chi connectivity index (χ1v) is 23.6. The molecule has 0 aliphatic rings. The summed E-state index contributed by atoms with van der Waals surface area (Å²) in [4.78, 5) is 0. The third kappa shape index (κ3) is 9.14. The first-order chi connectivity index (χ1) is 34.6. The van der Waals surface area contributed by atoms with E-state index in [9.17, 15) is 10.2 Å². The summed E-state index contributed by atoms with van der Waals surface area (Å²) in [5.74, 6) is 3.05. The highest BCUT2D eigenvalue weighted by atomic mass is 16.5. The summed E-state index contributed by atoms with van der Waals surface area (Å²) < 4.78 is 27.0. The standard InChI is InChI=1S/C64H50O6/c65-37-43-17-21-45(22-18-43)39-67-57-33-29-49-9-1-5-13-53(49)61(57)63-55-15-7-3-11-51(55)31-35-59(63)69-41-47-25-27-48(28-26-47)42-70-60-36-32-52-12-4-8-16-56(52)64(60)62-54-14-6-2-10-50(54)30-34-58(62)68-40-46-23-19-44(38-66)20-24-46/h1-36,65-66H,37-42H2. The Morgan fingerprint density at radius 2 is 0.443 bits per heavy atom. The maximum absolute atomic E-state index is 9.59. The number of hydrogen-bond donors (Lipinski definition) is 2. The lowest BCUT2D eigenvalue weighted by atomic mass is 9.92. The minimum atomic E-state index is 0.00168. The number of rotatable bonds is 16. The lowest BCUT2D eigenvalue weighted by Gasteiger charge is -2.20. The molecule has 0 bridgehead atoms. The van der Waals surface area contributed by atoms with Crippen LogP contribution in [0, 0.1) is 0 Å². The molecule has 70 heavy (non-hydrogen) atoms. The Bertz CT molecular complexity index is 3380. The van der Waals surface area contributed by atoms with Crippen LogP contribution < -0.4 is 18.9 Å². The fraction of sp³-hybridized carbons (Fsp3) is 0.0938.